The number of nitrogens with one attached hydrogen (secondary N) is 1. The SMILES string of the molecule is C=C(C)C(=O)NCC(COC(=O)C(=O)OCCOC)(COC(=O)C(=O)OCCOC)COc1ccc(-c2ccc(C3CCC(CCCCC)CC3)cc2F)c(COC(=O)C(=C)C)c1. The summed E-state index contributed by atoms with van der Waals surface area (Å²) in [5.41, 5.74) is 0.553. The van der Waals surface area contributed by atoms with Gasteiger partial charge in [-0.15, -0.1) is 0 Å². The molecule has 1 fully saturated rings. The highest BCUT2D eigenvalue weighted by Crippen LogP contribution is 2.40. The van der Waals surface area contributed by atoms with Crippen LogP contribution in [0.2, 0.25) is 0 Å². The van der Waals surface area contributed by atoms with Crippen LogP contribution in [0.5, 0.6) is 5.75 Å². The number of carbonyl (C=O) groups excluding carboxylic acids is 6. The van der Waals surface area contributed by atoms with E-state index in [0.717, 1.165) is 31.2 Å². The maximum absolute atomic E-state index is 16.1. The van der Waals surface area contributed by atoms with Crippen LogP contribution in [0.4, 0.5) is 4.39 Å². The van der Waals surface area contributed by atoms with E-state index in [4.69, 9.17) is 37.9 Å². The number of halogens is 1. The van der Waals surface area contributed by atoms with Crippen molar-refractivity contribution in [3.8, 4) is 16.9 Å². The number of ether oxygens (including phenoxy) is 8. The smallest absolute Gasteiger partial charge is 0.417 e. The van der Waals surface area contributed by atoms with Crippen molar-refractivity contribution in [1.82, 2.24) is 5.32 Å². The Balaban J connectivity index is 1.97. The molecular formula is C47H62FNO14. The van der Waals surface area contributed by atoms with Crippen LogP contribution >= 0.6 is 0 Å². The Kier molecular flexibility index (Phi) is 22.0. The van der Waals surface area contributed by atoms with Crippen LogP contribution < -0.4 is 10.1 Å². The summed E-state index contributed by atoms with van der Waals surface area (Å²) in [5, 5.41) is 2.61. The predicted molar refractivity (Wildman–Crippen MR) is 229 cm³/mol. The molecule has 0 unspecified atom stereocenters. The molecule has 0 bridgehead atoms. The summed E-state index contributed by atoms with van der Waals surface area (Å²) in [6.07, 6.45) is 9.14. The molecule has 0 aliphatic heterocycles. The van der Waals surface area contributed by atoms with E-state index >= 15 is 4.39 Å². The number of carbonyl (C=O) groups is 6. The first-order valence-corrected chi connectivity index (χ1v) is 21.1. The molecule has 16 heteroatoms. The molecule has 0 aromatic heterocycles. The van der Waals surface area contributed by atoms with E-state index in [1.54, 1.807) is 18.2 Å². The molecule has 0 heterocycles. The van der Waals surface area contributed by atoms with Crippen molar-refractivity contribution in [3.05, 3.63) is 77.6 Å². The molecule has 346 valence electrons. The standard InChI is InChI=1S/C47H62FNO14/c1-8-9-10-11-33-12-14-34(15-13-33)35-16-18-39(40(48)25-35)38-19-17-37(24-36(38)26-60-42(51)32(4)5)61-28-47(27-49-41(50)31(2)3,29-62-45(54)43(52)58-22-20-56-6)30-63-46(55)44(53)59-23-21-57-7/h16-19,24-25,33-34H,2,4,8-15,20-23,26-30H2,1,3,5-7H3,(H,49,50). The lowest BCUT2D eigenvalue weighted by atomic mass is 9.77. The molecule has 2 aromatic carbocycles. The molecule has 63 heavy (non-hydrogen) atoms. The zero-order valence-electron chi connectivity index (χ0n) is 37.1. The molecule has 1 amide bonds. The third kappa shape index (κ3) is 17.2. The summed E-state index contributed by atoms with van der Waals surface area (Å²) in [5.74, 6) is -6.17. The average Bonchev–Trinajstić information content (AvgIpc) is 3.27. The monoisotopic (exact) mass is 883 g/mol. The van der Waals surface area contributed by atoms with Gasteiger partial charge in [-0.3, -0.25) is 4.79 Å². The average molecular weight is 884 g/mol. The molecule has 1 aliphatic rings. The third-order valence-electron chi connectivity index (χ3n) is 10.6. The first kappa shape index (κ1) is 51.7. The van der Waals surface area contributed by atoms with Crippen molar-refractivity contribution in [1.29, 1.82) is 0 Å². The Bertz CT molecular complexity index is 1870. The van der Waals surface area contributed by atoms with Gasteiger partial charge in [0.15, 0.2) is 0 Å². The van der Waals surface area contributed by atoms with E-state index in [-0.39, 0.29) is 61.4 Å². The van der Waals surface area contributed by atoms with Crippen molar-refractivity contribution in [2.24, 2.45) is 11.3 Å². The quantitative estimate of drug-likeness (QED) is 0.0375. The van der Waals surface area contributed by atoms with Gasteiger partial charge in [-0.1, -0.05) is 64.0 Å². The number of amides is 1. The normalized spacial score (nSPS) is 14.8. The topological polar surface area (TPSA) is 188 Å². The summed E-state index contributed by atoms with van der Waals surface area (Å²) in [6, 6.07) is 9.87. The van der Waals surface area contributed by atoms with E-state index in [1.807, 2.05) is 6.07 Å². The van der Waals surface area contributed by atoms with Crippen molar-refractivity contribution >= 4 is 35.8 Å². The number of esters is 5. The van der Waals surface area contributed by atoms with Crippen LogP contribution in [-0.2, 0) is 68.5 Å². The van der Waals surface area contributed by atoms with Crippen LogP contribution in [0.25, 0.3) is 11.1 Å². The number of rotatable bonds is 25. The molecule has 0 spiro atoms. The fourth-order valence-electron chi connectivity index (χ4n) is 6.82. The fraction of sp³-hybridized carbons (Fsp3) is 0.532. The lowest BCUT2D eigenvalue weighted by Crippen LogP contribution is -2.49. The first-order chi connectivity index (χ1) is 30.1. The summed E-state index contributed by atoms with van der Waals surface area (Å²) in [7, 11) is 2.74. The second-order valence-corrected chi connectivity index (χ2v) is 15.8. The third-order valence-corrected chi connectivity index (χ3v) is 10.6. The van der Waals surface area contributed by atoms with Gasteiger partial charge in [0, 0.05) is 43.0 Å². The van der Waals surface area contributed by atoms with Gasteiger partial charge >= 0.3 is 29.8 Å². The number of methoxy groups -OCH3 is 2. The maximum Gasteiger partial charge on any atom is 0.417 e. The maximum atomic E-state index is 16.1. The summed E-state index contributed by atoms with van der Waals surface area (Å²) in [4.78, 5) is 75.5. The lowest BCUT2D eigenvalue weighted by molar-refractivity contribution is -0.176. The fourth-order valence-corrected chi connectivity index (χ4v) is 6.82. The Hall–Kier alpha value is -5.61. The minimum Gasteiger partial charge on any atom is -0.493 e. The van der Waals surface area contributed by atoms with Gasteiger partial charge in [-0.25, -0.2) is 28.4 Å². The molecule has 1 aliphatic carbocycles. The lowest BCUT2D eigenvalue weighted by Gasteiger charge is -2.32. The molecule has 15 nitrogen and oxygen atoms in total. The van der Waals surface area contributed by atoms with E-state index in [9.17, 15) is 28.8 Å². The zero-order chi connectivity index (χ0) is 46.4. The predicted octanol–water partition coefficient (Wildman–Crippen LogP) is 6.49. The summed E-state index contributed by atoms with van der Waals surface area (Å²) in [6.45, 7) is 9.29. The Morgan fingerprint density at radius 1 is 0.698 bits per heavy atom. The molecule has 1 saturated carbocycles. The minimum atomic E-state index is -1.68. The van der Waals surface area contributed by atoms with Crippen molar-refractivity contribution in [2.75, 3.05) is 67.0 Å². The van der Waals surface area contributed by atoms with Crippen molar-refractivity contribution < 1.29 is 71.1 Å². The number of unbranched alkanes of at least 4 members (excludes halogenated alkanes) is 2. The molecule has 1 N–H and O–H groups in total. The molecular weight excluding hydrogens is 822 g/mol. The van der Waals surface area contributed by atoms with E-state index in [1.165, 1.54) is 65.9 Å². The van der Waals surface area contributed by atoms with Crippen LogP contribution in [-0.4, -0.2) is 103 Å². The second-order valence-electron chi connectivity index (χ2n) is 15.8. The molecule has 0 saturated heterocycles. The zero-order valence-corrected chi connectivity index (χ0v) is 37.1. The van der Waals surface area contributed by atoms with Crippen molar-refractivity contribution in [2.45, 2.75) is 84.7 Å². The molecule has 2 aromatic rings. The van der Waals surface area contributed by atoms with Gasteiger partial charge in [0.1, 0.15) is 51.2 Å². The molecule has 0 radical (unpaired) electrons. The number of hydrogen-bond donors (Lipinski definition) is 1. The molecule has 3 rings (SSSR count). The highest BCUT2D eigenvalue weighted by molar-refractivity contribution is 6.30. The van der Waals surface area contributed by atoms with E-state index in [2.05, 4.69) is 25.4 Å². The summed E-state index contributed by atoms with van der Waals surface area (Å²) >= 11 is 0. The van der Waals surface area contributed by atoms with Gasteiger partial charge in [-0.05, 0) is 80.7 Å². The van der Waals surface area contributed by atoms with E-state index in [0.29, 0.717) is 17.0 Å². The minimum absolute atomic E-state index is 0.00537. The Labute approximate surface area is 368 Å². The molecule has 0 atom stereocenters. The first-order valence-electron chi connectivity index (χ1n) is 21.1. The van der Waals surface area contributed by atoms with Gasteiger partial charge in [0.2, 0.25) is 5.91 Å². The highest BCUT2D eigenvalue weighted by atomic mass is 19.1. The number of hydrogen-bond acceptors (Lipinski definition) is 14. The van der Waals surface area contributed by atoms with Gasteiger partial charge in [-0.2, -0.15) is 0 Å². The second kappa shape index (κ2) is 26.8. The van der Waals surface area contributed by atoms with Crippen LogP contribution in [0.3, 0.4) is 0 Å². The van der Waals surface area contributed by atoms with Crippen LogP contribution in [0.1, 0.15) is 89.2 Å². The van der Waals surface area contributed by atoms with Gasteiger partial charge < -0.3 is 43.2 Å². The van der Waals surface area contributed by atoms with E-state index < -0.39 is 73.4 Å². The Morgan fingerprint density at radius 3 is 1.83 bits per heavy atom. The van der Waals surface area contributed by atoms with Gasteiger partial charge in [0.25, 0.3) is 0 Å². The summed E-state index contributed by atoms with van der Waals surface area (Å²) < 4.78 is 57.8. The Morgan fingerprint density at radius 2 is 1.29 bits per heavy atom. The largest absolute Gasteiger partial charge is 0.493 e. The van der Waals surface area contributed by atoms with Crippen LogP contribution in [0.15, 0.2) is 60.7 Å². The van der Waals surface area contributed by atoms with Gasteiger partial charge in [0.05, 0.1) is 18.6 Å². The highest BCUT2D eigenvalue weighted by Gasteiger charge is 2.38. The van der Waals surface area contributed by atoms with Crippen molar-refractivity contribution in [3.63, 3.8) is 0 Å². The number of benzene rings is 2. The van der Waals surface area contributed by atoms with Crippen LogP contribution in [0, 0.1) is 17.2 Å².